The van der Waals surface area contributed by atoms with Crippen LogP contribution in [0.25, 0.3) is 11.1 Å². The van der Waals surface area contributed by atoms with Gasteiger partial charge in [-0.2, -0.15) is 0 Å². The van der Waals surface area contributed by atoms with E-state index in [0.29, 0.717) is 0 Å². The lowest BCUT2D eigenvalue weighted by molar-refractivity contribution is 0.175. The van der Waals surface area contributed by atoms with Crippen molar-refractivity contribution in [1.82, 2.24) is 5.32 Å². The predicted octanol–water partition coefficient (Wildman–Crippen LogP) is 5.43. The molecule has 0 aromatic heterocycles. The van der Waals surface area contributed by atoms with E-state index in [9.17, 15) is 9.90 Å². The van der Waals surface area contributed by atoms with Gasteiger partial charge in [0, 0.05) is 5.56 Å². The van der Waals surface area contributed by atoms with Gasteiger partial charge in [0.15, 0.2) is 0 Å². The van der Waals surface area contributed by atoms with Crippen LogP contribution in [0.5, 0.6) is 11.5 Å². The zero-order chi connectivity index (χ0) is 20.3. The number of fused-ring (bicyclic) bond motifs is 1. The number of hydrogen-bond donors (Lipinski definition) is 2. The van der Waals surface area contributed by atoms with E-state index in [1.54, 1.807) is 7.11 Å². The molecule has 0 heterocycles. The fourth-order valence-corrected chi connectivity index (χ4v) is 3.93. The van der Waals surface area contributed by atoms with Gasteiger partial charge in [-0.05, 0) is 59.2 Å². The summed E-state index contributed by atoms with van der Waals surface area (Å²) in [5, 5.41) is 11.9. The Labute approximate surface area is 166 Å². The van der Waals surface area contributed by atoms with Crippen LogP contribution in [0.2, 0.25) is 0 Å². The minimum atomic E-state index is -1.01. The lowest BCUT2D eigenvalue weighted by Crippen LogP contribution is -2.34. The molecule has 2 N–H and O–H groups in total. The maximum atomic E-state index is 11.3. The SMILES string of the molecule is CCCCOc1ccc(-c2cc3c(cc2OC)C(NC(=O)O)C(C)(C)C3)cc1. The van der Waals surface area contributed by atoms with Crippen LogP contribution in [0.1, 0.15) is 50.8 Å². The highest BCUT2D eigenvalue weighted by molar-refractivity contribution is 5.74. The molecule has 1 aliphatic carbocycles. The highest BCUT2D eigenvalue weighted by atomic mass is 16.5. The summed E-state index contributed by atoms with van der Waals surface area (Å²) in [4.78, 5) is 11.3. The standard InChI is InChI=1S/C23H29NO4/c1-5-6-11-28-17-9-7-15(8-10-17)18-12-16-14-23(2,3)21(24-22(25)26)19(16)13-20(18)27-4/h7-10,12-13,21,24H,5-6,11,14H2,1-4H3,(H,25,26). The Morgan fingerprint density at radius 2 is 1.96 bits per heavy atom. The summed E-state index contributed by atoms with van der Waals surface area (Å²) in [5.41, 5.74) is 4.01. The third-order valence-electron chi connectivity index (χ3n) is 5.40. The Morgan fingerprint density at radius 1 is 1.25 bits per heavy atom. The number of amides is 1. The van der Waals surface area contributed by atoms with Gasteiger partial charge in [0.25, 0.3) is 0 Å². The molecule has 1 aliphatic rings. The number of hydrogen-bond acceptors (Lipinski definition) is 3. The maximum Gasteiger partial charge on any atom is 0.405 e. The van der Waals surface area contributed by atoms with E-state index in [1.807, 2.05) is 30.3 Å². The number of carbonyl (C=O) groups is 1. The van der Waals surface area contributed by atoms with Crippen LogP contribution >= 0.6 is 0 Å². The average Bonchev–Trinajstić information content (AvgIpc) is 2.90. The van der Waals surface area contributed by atoms with Crippen molar-refractivity contribution in [3.05, 3.63) is 47.5 Å². The fourth-order valence-electron chi connectivity index (χ4n) is 3.93. The van der Waals surface area contributed by atoms with Gasteiger partial charge in [-0.25, -0.2) is 4.79 Å². The molecule has 0 radical (unpaired) electrons. The molecule has 0 fully saturated rings. The summed E-state index contributed by atoms with van der Waals surface area (Å²) >= 11 is 0. The molecule has 0 spiro atoms. The van der Waals surface area contributed by atoms with Crippen LogP contribution in [-0.2, 0) is 6.42 Å². The Hall–Kier alpha value is -2.69. The molecule has 0 saturated heterocycles. The van der Waals surface area contributed by atoms with Gasteiger partial charge in [-0.3, -0.25) is 0 Å². The summed E-state index contributed by atoms with van der Waals surface area (Å²) in [6.45, 7) is 7.04. The van der Waals surface area contributed by atoms with Crippen molar-refractivity contribution in [2.45, 2.75) is 46.1 Å². The third-order valence-corrected chi connectivity index (χ3v) is 5.40. The molecule has 0 aliphatic heterocycles. The van der Waals surface area contributed by atoms with Gasteiger partial charge in [-0.15, -0.1) is 0 Å². The van der Waals surface area contributed by atoms with Crippen LogP contribution in [0, 0.1) is 5.41 Å². The Bertz CT molecular complexity index is 842. The molecular weight excluding hydrogens is 354 g/mol. The lowest BCUT2D eigenvalue weighted by Gasteiger charge is -2.27. The first-order chi connectivity index (χ1) is 13.4. The molecule has 3 rings (SSSR count). The molecule has 0 bridgehead atoms. The minimum Gasteiger partial charge on any atom is -0.496 e. The monoisotopic (exact) mass is 383 g/mol. The smallest absolute Gasteiger partial charge is 0.405 e. The maximum absolute atomic E-state index is 11.3. The Balaban J connectivity index is 1.93. The van der Waals surface area contributed by atoms with Gasteiger partial charge in [-0.1, -0.05) is 39.3 Å². The van der Waals surface area contributed by atoms with Crippen molar-refractivity contribution in [2.24, 2.45) is 5.41 Å². The average molecular weight is 383 g/mol. The van der Waals surface area contributed by atoms with E-state index in [1.165, 1.54) is 0 Å². The van der Waals surface area contributed by atoms with Gasteiger partial charge in [0.2, 0.25) is 0 Å². The van der Waals surface area contributed by atoms with Gasteiger partial charge in [0.1, 0.15) is 11.5 Å². The molecular formula is C23H29NO4. The number of ether oxygens (including phenoxy) is 2. The molecule has 150 valence electrons. The van der Waals surface area contributed by atoms with Crippen molar-refractivity contribution < 1.29 is 19.4 Å². The molecule has 2 aromatic carbocycles. The van der Waals surface area contributed by atoms with E-state index in [2.05, 4.69) is 32.2 Å². The van der Waals surface area contributed by atoms with Crippen molar-refractivity contribution in [3.63, 3.8) is 0 Å². The highest BCUT2D eigenvalue weighted by Crippen LogP contribution is 2.48. The molecule has 1 unspecified atom stereocenters. The van der Waals surface area contributed by atoms with Crippen LogP contribution in [0.4, 0.5) is 4.79 Å². The number of benzene rings is 2. The number of unbranched alkanes of at least 4 members (excludes halogenated alkanes) is 1. The molecule has 2 aromatic rings. The van der Waals surface area contributed by atoms with Gasteiger partial charge in [0.05, 0.1) is 19.8 Å². The predicted molar refractivity (Wildman–Crippen MR) is 110 cm³/mol. The molecule has 0 saturated carbocycles. The number of rotatable bonds is 7. The summed E-state index contributed by atoms with van der Waals surface area (Å²) in [6, 6.07) is 11.9. The minimum absolute atomic E-state index is 0.193. The van der Waals surface area contributed by atoms with E-state index < -0.39 is 6.09 Å². The second-order valence-corrected chi connectivity index (χ2v) is 8.03. The van der Waals surface area contributed by atoms with E-state index in [0.717, 1.165) is 59.6 Å². The zero-order valence-electron chi connectivity index (χ0n) is 17.0. The van der Waals surface area contributed by atoms with Crippen molar-refractivity contribution in [1.29, 1.82) is 0 Å². The quantitative estimate of drug-likeness (QED) is 0.626. The summed E-state index contributed by atoms with van der Waals surface area (Å²) < 4.78 is 11.4. The van der Waals surface area contributed by atoms with Crippen LogP contribution in [0.15, 0.2) is 36.4 Å². The molecule has 5 heteroatoms. The van der Waals surface area contributed by atoms with Crippen LogP contribution in [-0.4, -0.2) is 24.9 Å². The number of nitrogens with one attached hydrogen (secondary N) is 1. The van der Waals surface area contributed by atoms with E-state index >= 15 is 0 Å². The van der Waals surface area contributed by atoms with E-state index in [-0.39, 0.29) is 11.5 Å². The second kappa shape index (κ2) is 8.13. The molecule has 1 amide bonds. The lowest BCUT2D eigenvalue weighted by atomic mass is 9.85. The summed E-state index contributed by atoms with van der Waals surface area (Å²) in [5.74, 6) is 1.61. The number of methoxy groups -OCH3 is 1. The Morgan fingerprint density at radius 3 is 2.57 bits per heavy atom. The largest absolute Gasteiger partial charge is 0.496 e. The molecule has 1 atom stereocenters. The van der Waals surface area contributed by atoms with Crippen LogP contribution in [0.3, 0.4) is 0 Å². The fraction of sp³-hybridized carbons (Fsp3) is 0.435. The van der Waals surface area contributed by atoms with Crippen molar-refractivity contribution >= 4 is 6.09 Å². The molecule has 28 heavy (non-hydrogen) atoms. The zero-order valence-corrected chi connectivity index (χ0v) is 17.0. The van der Waals surface area contributed by atoms with Gasteiger partial charge < -0.3 is 19.9 Å². The van der Waals surface area contributed by atoms with Crippen LogP contribution < -0.4 is 14.8 Å². The summed E-state index contributed by atoms with van der Waals surface area (Å²) in [7, 11) is 1.65. The van der Waals surface area contributed by atoms with E-state index in [4.69, 9.17) is 9.47 Å². The first kappa shape index (κ1) is 20.1. The normalized spacial score (nSPS) is 17.1. The summed E-state index contributed by atoms with van der Waals surface area (Å²) in [6.07, 6.45) is 1.95. The first-order valence-electron chi connectivity index (χ1n) is 9.79. The third kappa shape index (κ3) is 4.08. The second-order valence-electron chi connectivity index (χ2n) is 8.03. The first-order valence-corrected chi connectivity index (χ1v) is 9.79. The van der Waals surface area contributed by atoms with Crippen molar-refractivity contribution in [2.75, 3.05) is 13.7 Å². The number of carboxylic acid groups (broad SMARTS) is 1. The van der Waals surface area contributed by atoms with Gasteiger partial charge >= 0.3 is 6.09 Å². The highest BCUT2D eigenvalue weighted by Gasteiger charge is 2.40. The Kier molecular flexibility index (Phi) is 5.82. The topological polar surface area (TPSA) is 67.8 Å². The molecule has 5 nitrogen and oxygen atoms in total. The van der Waals surface area contributed by atoms with Crippen molar-refractivity contribution in [3.8, 4) is 22.6 Å².